The van der Waals surface area contributed by atoms with Gasteiger partial charge in [-0.05, 0) is 57.0 Å². The molecule has 0 saturated heterocycles. The van der Waals surface area contributed by atoms with Crippen LogP contribution in [0, 0.1) is 20.8 Å². The molecule has 0 spiro atoms. The predicted molar refractivity (Wildman–Crippen MR) is 103 cm³/mol. The van der Waals surface area contributed by atoms with E-state index in [0.717, 1.165) is 22.6 Å². The van der Waals surface area contributed by atoms with Crippen molar-refractivity contribution in [3.8, 4) is 5.69 Å². The summed E-state index contributed by atoms with van der Waals surface area (Å²) in [5.41, 5.74) is 6.30. The van der Waals surface area contributed by atoms with Crippen molar-refractivity contribution in [1.82, 2.24) is 4.57 Å². The quantitative estimate of drug-likeness (QED) is 0.844. The van der Waals surface area contributed by atoms with Gasteiger partial charge in [0.15, 0.2) is 5.76 Å². The summed E-state index contributed by atoms with van der Waals surface area (Å²) in [7, 11) is 1.29. The SMILES string of the molecule is COC(=O)C1=C(O)C(=Cc2cc(C)n(-c3ccccc3C)c2C)N=C1C. The molecule has 1 aliphatic rings. The standard InChI is InChI=1S/C21H22N2O3/c1-12-8-6-7-9-18(12)23-13(2)10-16(15(23)4)11-17-20(24)19(14(3)22-17)21(25)26-5/h6-11,24H,1-5H3. The highest BCUT2D eigenvalue weighted by atomic mass is 16.5. The molecule has 0 aliphatic carbocycles. The third kappa shape index (κ3) is 2.86. The van der Waals surface area contributed by atoms with Crippen molar-refractivity contribution in [2.75, 3.05) is 7.11 Å². The van der Waals surface area contributed by atoms with Crippen LogP contribution in [0.3, 0.4) is 0 Å². The van der Waals surface area contributed by atoms with Crippen LogP contribution in [0.25, 0.3) is 11.8 Å². The number of rotatable bonds is 3. The highest BCUT2D eigenvalue weighted by Crippen LogP contribution is 2.29. The lowest BCUT2D eigenvalue weighted by molar-refractivity contribution is -0.135. The van der Waals surface area contributed by atoms with Gasteiger partial charge in [-0.15, -0.1) is 0 Å². The second-order valence-electron chi connectivity index (χ2n) is 6.39. The van der Waals surface area contributed by atoms with Gasteiger partial charge < -0.3 is 14.4 Å². The van der Waals surface area contributed by atoms with Crippen molar-refractivity contribution < 1.29 is 14.6 Å². The van der Waals surface area contributed by atoms with Gasteiger partial charge in [0.1, 0.15) is 11.3 Å². The van der Waals surface area contributed by atoms with Crippen LogP contribution in [-0.4, -0.2) is 28.5 Å². The average Bonchev–Trinajstić information content (AvgIpc) is 3.04. The summed E-state index contributed by atoms with van der Waals surface area (Å²) in [6.45, 7) is 7.83. The Labute approximate surface area is 153 Å². The van der Waals surface area contributed by atoms with E-state index in [1.54, 1.807) is 13.0 Å². The zero-order valence-corrected chi connectivity index (χ0v) is 15.6. The first-order valence-corrected chi connectivity index (χ1v) is 8.39. The number of hydrogen-bond acceptors (Lipinski definition) is 4. The zero-order chi connectivity index (χ0) is 19.0. The van der Waals surface area contributed by atoms with Gasteiger partial charge in [-0.1, -0.05) is 18.2 Å². The monoisotopic (exact) mass is 350 g/mol. The Balaban J connectivity index is 2.10. The minimum absolute atomic E-state index is 0.117. The van der Waals surface area contributed by atoms with Crippen molar-refractivity contribution >= 4 is 17.8 Å². The Bertz CT molecular complexity index is 991. The number of ether oxygens (including phenoxy) is 1. The largest absolute Gasteiger partial charge is 0.505 e. The fourth-order valence-electron chi connectivity index (χ4n) is 3.30. The van der Waals surface area contributed by atoms with E-state index < -0.39 is 5.97 Å². The number of hydrogen-bond donors (Lipinski definition) is 1. The first-order chi connectivity index (χ1) is 12.3. The molecular weight excluding hydrogens is 328 g/mol. The minimum atomic E-state index is -0.586. The highest BCUT2D eigenvalue weighted by Gasteiger charge is 2.27. The van der Waals surface area contributed by atoms with Gasteiger partial charge in [0.2, 0.25) is 0 Å². The number of para-hydroxylation sites is 1. The Morgan fingerprint density at radius 2 is 1.88 bits per heavy atom. The number of aliphatic hydroxyl groups excluding tert-OH is 1. The third-order valence-electron chi connectivity index (χ3n) is 4.64. The molecule has 0 atom stereocenters. The molecule has 0 saturated carbocycles. The minimum Gasteiger partial charge on any atom is -0.505 e. The lowest BCUT2D eigenvalue weighted by Gasteiger charge is -2.12. The number of esters is 1. The molecule has 1 aliphatic heterocycles. The molecule has 3 rings (SSSR count). The topological polar surface area (TPSA) is 63.8 Å². The van der Waals surface area contributed by atoms with Crippen LogP contribution in [0.1, 0.15) is 29.4 Å². The zero-order valence-electron chi connectivity index (χ0n) is 15.6. The van der Waals surface area contributed by atoms with Crippen molar-refractivity contribution in [2.45, 2.75) is 27.7 Å². The van der Waals surface area contributed by atoms with Gasteiger partial charge in [-0.3, -0.25) is 0 Å². The van der Waals surface area contributed by atoms with Gasteiger partial charge in [-0.2, -0.15) is 0 Å². The number of aryl methyl sites for hydroxylation is 2. The van der Waals surface area contributed by atoms with Gasteiger partial charge in [0, 0.05) is 17.1 Å². The molecular formula is C21H22N2O3. The number of methoxy groups -OCH3 is 1. The first-order valence-electron chi connectivity index (χ1n) is 8.39. The smallest absolute Gasteiger partial charge is 0.343 e. The molecule has 2 aromatic rings. The van der Waals surface area contributed by atoms with E-state index in [1.165, 1.54) is 12.7 Å². The summed E-state index contributed by atoms with van der Waals surface area (Å²) in [6, 6.07) is 10.2. The van der Waals surface area contributed by atoms with E-state index in [4.69, 9.17) is 4.74 Å². The van der Waals surface area contributed by atoms with E-state index in [2.05, 4.69) is 28.6 Å². The van der Waals surface area contributed by atoms with Crippen LogP contribution in [0.2, 0.25) is 0 Å². The van der Waals surface area contributed by atoms with Crippen LogP contribution < -0.4 is 0 Å². The molecule has 5 heteroatoms. The number of nitrogens with zero attached hydrogens (tertiary/aromatic N) is 2. The molecule has 26 heavy (non-hydrogen) atoms. The van der Waals surface area contributed by atoms with Crippen molar-refractivity contribution in [3.63, 3.8) is 0 Å². The molecule has 5 nitrogen and oxygen atoms in total. The summed E-state index contributed by atoms with van der Waals surface area (Å²) in [4.78, 5) is 16.2. The van der Waals surface area contributed by atoms with Crippen LogP contribution in [0.15, 0.2) is 52.4 Å². The van der Waals surface area contributed by atoms with Crippen LogP contribution in [0.4, 0.5) is 0 Å². The van der Waals surface area contributed by atoms with Gasteiger partial charge in [-0.25, -0.2) is 9.79 Å². The van der Waals surface area contributed by atoms with E-state index in [-0.39, 0.29) is 11.3 Å². The molecule has 0 amide bonds. The highest BCUT2D eigenvalue weighted by molar-refractivity contribution is 6.22. The normalized spacial score (nSPS) is 15.6. The fourth-order valence-corrected chi connectivity index (χ4v) is 3.30. The van der Waals surface area contributed by atoms with Crippen LogP contribution in [-0.2, 0) is 9.53 Å². The molecule has 1 aromatic carbocycles. The number of aliphatic imine (C=N–C) groups is 1. The van der Waals surface area contributed by atoms with E-state index in [1.807, 2.05) is 32.0 Å². The summed E-state index contributed by atoms with van der Waals surface area (Å²) in [5.74, 6) is -0.729. The van der Waals surface area contributed by atoms with Crippen molar-refractivity contribution in [3.05, 3.63) is 69.9 Å². The van der Waals surface area contributed by atoms with Crippen LogP contribution in [0.5, 0.6) is 0 Å². The van der Waals surface area contributed by atoms with E-state index >= 15 is 0 Å². The third-order valence-corrected chi connectivity index (χ3v) is 4.64. The number of carbonyl (C=O) groups is 1. The molecule has 0 fully saturated rings. The number of carbonyl (C=O) groups excluding carboxylic acids is 1. The maximum atomic E-state index is 11.8. The maximum absolute atomic E-state index is 11.8. The molecule has 2 heterocycles. The Hall–Kier alpha value is -3.08. The van der Waals surface area contributed by atoms with Crippen molar-refractivity contribution in [2.24, 2.45) is 4.99 Å². The Morgan fingerprint density at radius 3 is 2.54 bits per heavy atom. The van der Waals surface area contributed by atoms with Crippen molar-refractivity contribution in [1.29, 1.82) is 0 Å². The van der Waals surface area contributed by atoms with Gasteiger partial charge >= 0.3 is 5.97 Å². The summed E-state index contributed by atoms with van der Waals surface area (Å²) < 4.78 is 6.90. The molecule has 0 bridgehead atoms. The maximum Gasteiger partial charge on any atom is 0.343 e. The van der Waals surface area contributed by atoms with E-state index in [0.29, 0.717) is 11.4 Å². The second-order valence-corrected chi connectivity index (χ2v) is 6.39. The average molecular weight is 350 g/mol. The first kappa shape index (κ1) is 17.7. The second kappa shape index (κ2) is 6.67. The molecule has 1 aromatic heterocycles. The molecule has 134 valence electrons. The Kier molecular flexibility index (Phi) is 4.55. The summed E-state index contributed by atoms with van der Waals surface area (Å²) in [6.07, 6.45) is 1.80. The van der Waals surface area contributed by atoms with Gasteiger partial charge in [0.05, 0.1) is 12.8 Å². The molecule has 0 radical (unpaired) electrons. The number of benzene rings is 1. The lowest BCUT2D eigenvalue weighted by atomic mass is 10.1. The predicted octanol–water partition coefficient (Wildman–Crippen LogP) is 4.20. The summed E-state index contributed by atoms with van der Waals surface area (Å²) >= 11 is 0. The molecule has 0 unspecified atom stereocenters. The van der Waals surface area contributed by atoms with E-state index in [9.17, 15) is 9.90 Å². The lowest BCUT2D eigenvalue weighted by Crippen LogP contribution is -2.11. The molecule has 1 N–H and O–H groups in total. The number of aromatic nitrogens is 1. The fraction of sp³-hybridized carbons (Fsp3) is 0.238. The Morgan fingerprint density at radius 1 is 1.19 bits per heavy atom. The number of aliphatic hydroxyl groups is 1. The van der Waals surface area contributed by atoms with Crippen LogP contribution >= 0.6 is 0 Å². The summed E-state index contributed by atoms with van der Waals surface area (Å²) in [5, 5.41) is 10.4. The van der Waals surface area contributed by atoms with Gasteiger partial charge in [0.25, 0.3) is 0 Å².